The second-order valence-corrected chi connectivity index (χ2v) is 7.35. The Bertz CT molecular complexity index is 725. The first-order valence-corrected chi connectivity index (χ1v) is 9.64. The second kappa shape index (κ2) is 12.6. The van der Waals surface area contributed by atoms with Crippen LogP contribution in [0.4, 0.5) is 0 Å². The van der Waals surface area contributed by atoms with Crippen LogP contribution in [0.3, 0.4) is 0 Å². The van der Waals surface area contributed by atoms with Crippen molar-refractivity contribution in [3.8, 4) is 0 Å². The Hall–Kier alpha value is -2.98. The van der Waals surface area contributed by atoms with Gasteiger partial charge in [-0.25, -0.2) is 4.79 Å². The fourth-order valence-corrected chi connectivity index (χ4v) is 2.67. The lowest BCUT2D eigenvalue weighted by atomic mass is 10.0. The van der Waals surface area contributed by atoms with Crippen molar-refractivity contribution >= 4 is 23.7 Å². The molecule has 1 rings (SSSR count). The van der Waals surface area contributed by atoms with Crippen LogP contribution in [0, 0.1) is 5.92 Å². The molecular weight excluding hydrogens is 392 g/mol. The largest absolute Gasteiger partial charge is 0.480 e. The fraction of sp³-hybridized carbons (Fsp3) is 0.500. The molecule has 10 heteroatoms. The van der Waals surface area contributed by atoms with Gasteiger partial charge >= 0.3 is 5.97 Å². The number of nitrogens with two attached hydrogens (primary N) is 1. The first-order valence-electron chi connectivity index (χ1n) is 9.64. The van der Waals surface area contributed by atoms with E-state index in [2.05, 4.69) is 16.0 Å². The number of carboxylic acids is 1. The zero-order valence-electron chi connectivity index (χ0n) is 17.1. The van der Waals surface area contributed by atoms with Gasteiger partial charge in [0, 0.05) is 0 Å². The summed E-state index contributed by atoms with van der Waals surface area (Å²) in [4.78, 5) is 47.6. The van der Waals surface area contributed by atoms with Crippen LogP contribution >= 0.6 is 0 Å². The van der Waals surface area contributed by atoms with Crippen LogP contribution in [-0.2, 0) is 25.6 Å². The summed E-state index contributed by atoms with van der Waals surface area (Å²) in [7, 11) is 0. The van der Waals surface area contributed by atoms with Gasteiger partial charge in [-0.2, -0.15) is 0 Å². The van der Waals surface area contributed by atoms with Crippen LogP contribution in [0.1, 0.15) is 25.8 Å². The number of benzene rings is 1. The number of carbonyl (C=O) groups excluding carboxylic acids is 3. The van der Waals surface area contributed by atoms with Crippen molar-refractivity contribution in [1.82, 2.24) is 16.0 Å². The highest BCUT2D eigenvalue weighted by atomic mass is 16.4. The van der Waals surface area contributed by atoms with Crippen molar-refractivity contribution in [3.05, 3.63) is 35.9 Å². The van der Waals surface area contributed by atoms with Crippen LogP contribution in [0.25, 0.3) is 0 Å². The Kier molecular flexibility index (Phi) is 10.5. The SMILES string of the molecule is CC(C)CC(NC(=O)CNC(=O)C(N)Cc1ccccc1)C(=O)NC(CO)C(=O)O. The molecule has 7 N–H and O–H groups in total. The van der Waals surface area contributed by atoms with E-state index in [0.717, 1.165) is 5.56 Å². The Balaban J connectivity index is 2.59. The number of aliphatic carboxylic acids is 1. The zero-order valence-corrected chi connectivity index (χ0v) is 17.1. The van der Waals surface area contributed by atoms with E-state index in [1.165, 1.54) is 0 Å². The van der Waals surface area contributed by atoms with E-state index in [1.54, 1.807) is 0 Å². The molecule has 0 saturated heterocycles. The van der Waals surface area contributed by atoms with Crippen molar-refractivity contribution in [3.63, 3.8) is 0 Å². The Morgan fingerprint density at radius 3 is 2.17 bits per heavy atom. The quantitative estimate of drug-likeness (QED) is 0.245. The highest BCUT2D eigenvalue weighted by Crippen LogP contribution is 2.06. The number of nitrogens with one attached hydrogen (secondary N) is 3. The molecule has 0 aromatic heterocycles. The van der Waals surface area contributed by atoms with Crippen molar-refractivity contribution in [1.29, 1.82) is 0 Å². The van der Waals surface area contributed by atoms with E-state index >= 15 is 0 Å². The Morgan fingerprint density at radius 2 is 1.63 bits per heavy atom. The third-order valence-corrected chi connectivity index (χ3v) is 4.21. The van der Waals surface area contributed by atoms with Gasteiger partial charge in [-0.1, -0.05) is 44.2 Å². The minimum absolute atomic E-state index is 0.0207. The third-order valence-electron chi connectivity index (χ3n) is 4.21. The molecule has 166 valence electrons. The number of hydrogen-bond acceptors (Lipinski definition) is 6. The second-order valence-electron chi connectivity index (χ2n) is 7.35. The van der Waals surface area contributed by atoms with Gasteiger partial charge in [0.1, 0.15) is 12.1 Å². The van der Waals surface area contributed by atoms with Gasteiger partial charge in [0.05, 0.1) is 19.2 Å². The summed E-state index contributed by atoms with van der Waals surface area (Å²) in [6.07, 6.45) is 0.557. The summed E-state index contributed by atoms with van der Waals surface area (Å²) in [5, 5.41) is 25.1. The number of hydrogen-bond donors (Lipinski definition) is 6. The number of rotatable bonds is 12. The van der Waals surface area contributed by atoms with Gasteiger partial charge < -0.3 is 31.9 Å². The molecule has 1 aromatic carbocycles. The summed E-state index contributed by atoms with van der Waals surface area (Å²) in [5.41, 5.74) is 6.75. The van der Waals surface area contributed by atoms with Gasteiger partial charge in [0.2, 0.25) is 17.7 Å². The van der Waals surface area contributed by atoms with Gasteiger partial charge in [0.15, 0.2) is 0 Å². The molecule has 0 heterocycles. The van der Waals surface area contributed by atoms with Crippen LogP contribution < -0.4 is 21.7 Å². The monoisotopic (exact) mass is 422 g/mol. The van der Waals surface area contributed by atoms with Crippen molar-refractivity contribution in [2.75, 3.05) is 13.2 Å². The van der Waals surface area contributed by atoms with Crippen molar-refractivity contribution < 1.29 is 29.4 Å². The molecule has 0 bridgehead atoms. The lowest BCUT2D eigenvalue weighted by Crippen LogP contribution is -2.54. The highest BCUT2D eigenvalue weighted by molar-refractivity contribution is 5.92. The van der Waals surface area contributed by atoms with Crippen LogP contribution in [-0.4, -0.2) is 65.2 Å². The van der Waals surface area contributed by atoms with E-state index in [4.69, 9.17) is 15.9 Å². The maximum Gasteiger partial charge on any atom is 0.328 e. The molecule has 0 saturated carbocycles. The normalized spacial score (nSPS) is 13.8. The average molecular weight is 422 g/mol. The molecule has 3 unspecified atom stereocenters. The summed E-state index contributed by atoms with van der Waals surface area (Å²) in [5.74, 6) is -3.23. The first-order chi connectivity index (χ1) is 14.1. The molecule has 30 heavy (non-hydrogen) atoms. The number of aliphatic hydroxyl groups is 1. The van der Waals surface area contributed by atoms with Crippen molar-refractivity contribution in [2.24, 2.45) is 11.7 Å². The summed E-state index contributed by atoms with van der Waals surface area (Å²) in [6, 6.07) is 5.87. The first kappa shape index (κ1) is 25.1. The van der Waals surface area contributed by atoms with E-state index in [1.807, 2.05) is 44.2 Å². The van der Waals surface area contributed by atoms with Gasteiger partial charge in [-0.3, -0.25) is 14.4 Å². The zero-order chi connectivity index (χ0) is 22.7. The molecule has 10 nitrogen and oxygen atoms in total. The van der Waals surface area contributed by atoms with E-state index < -0.39 is 48.4 Å². The summed E-state index contributed by atoms with van der Waals surface area (Å²) in [6.45, 7) is 2.50. The minimum atomic E-state index is -1.47. The number of carbonyl (C=O) groups is 4. The van der Waals surface area contributed by atoms with Gasteiger partial charge in [0.25, 0.3) is 0 Å². The van der Waals surface area contributed by atoms with Crippen LogP contribution in [0.2, 0.25) is 0 Å². The molecule has 0 fully saturated rings. The predicted octanol–water partition coefficient (Wildman–Crippen LogP) is -1.23. The lowest BCUT2D eigenvalue weighted by Gasteiger charge is -2.22. The van der Waals surface area contributed by atoms with Crippen molar-refractivity contribution in [2.45, 2.75) is 44.8 Å². The van der Waals surface area contributed by atoms with E-state index in [9.17, 15) is 19.2 Å². The number of aliphatic hydroxyl groups excluding tert-OH is 1. The van der Waals surface area contributed by atoms with E-state index in [0.29, 0.717) is 6.42 Å². The molecule has 3 amide bonds. The molecule has 0 aliphatic carbocycles. The Labute approximate surface area is 175 Å². The van der Waals surface area contributed by atoms with Gasteiger partial charge in [-0.15, -0.1) is 0 Å². The lowest BCUT2D eigenvalue weighted by molar-refractivity contribution is -0.143. The maximum absolute atomic E-state index is 12.3. The average Bonchev–Trinajstić information content (AvgIpc) is 2.69. The fourth-order valence-electron chi connectivity index (χ4n) is 2.67. The molecule has 0 radical (unpaired) electrons. The number of amides is 3. The molecule has 0 aliphatic heterocycles. The minimum Gasteiger partial charge on any atom is -0.480 e. The van der Waals surface area contributed by atoms with Gasteiger partial charge in [-0.05, 0) is 24.3 Å². The maximum atomic E-state index is 12.3. The predicted molar refractivity (Wildman–Crippen MR) is 109 cm³/mol. The standard InChI is InChI=1S/C20H30N4O6/c1-12(2)8-15(19(28)24-16(11-25)20(29)30)23-17(26)10-22-18(27)14(21)9-13-6-4-3-5-7-13/h3-7,12,14-16,25H,8-11,21H2,1-2H3,(H,22,27)(H,23,26)(H,24,28)(H,29,30). The van der Waals surface area contributed by atoms with Crippen LogP contribution in [0.15, 0.2) is 30.3 Å². The Morgan fingerprint density at radius 1 is 1.00 bits per heavy atom. The topological polar surface area (TPSA) is 171 Å². The molecule has 3 atom stereocenters. The summed E-state index contributed by atoms with van der Waals surface area (Å²) < 4.78 is 0. The third kappa shape index (κ3) is 9.01. The molecular formula is C20H30N4O6. The van der Waals surface area contributed by atoms with Crippen LogP contribution in [0.5, 0.6) is 0 Å². The highest BCUT2D eigenvalue weighted by Gasteiger charge is 2.27. The molecule has 0 aliphatic rings. The smallest absolute Gasteiger partial charge is 0.328 e. The molecule has 0 spiro atoms. The number of carboxylic acid groups (broad SMARTS) is 1. The summed E-state index contributed by atoms with van der Waals surface area (Å²) >= 11 is 0. The molecule has 1 aromatic rings. The van der Waals surface area contributed by atoms with E-state index in [-0.39, 0.29) is 18.9 Å².